The number of aliphatic carboxylic acids is 1. The first-order valence-corrected chi connectivity index (χ1v) is 4.58. The van der Waals surface area contributed by atoms with Crippen molar-refractivity contribution in [1.82, 2.24) is 5.32 Å². The van der Waals surface area contributed by atoms with Gasteiger partial charge in [0.2, 0.25) is 5.91 Å². The smallest absolute Gasteiger partial charge is 0.352 e. The molecule has 0 fully saturated rings. The van der Waals surface area contributed by atoms with E-state index in [1.54, 1.807) is 0 Å². The number of halogens is 2. The minimum Gasteiger partial charge on any atom is -0.477 e. The summed E-state index contributed by atoms with van der Waals surface area (Å²) in [5, 5.41) is 10.8. The highest BCUT2D eigenvalue weighted by Gasteiger charge is 2.11. The first-order valence-electron chi connectivity index (χ1n) is 4.58. The van der Waals surface area contributed by atoms with E-state index < -0.39 is 29.2 Å². The molecule has 0 bridgehead atoms. The molecule has 1 amide bonds. The quantitative estimate of drug-likeness (QED) is 0.788. The fraction of sp³-hybridized carbons (Fsp3) is 0.0909. The van der Waals surface area contributed by atoms with E-state index in [0.717, 1.165) is 31.2 Å². The summed E-state index contributed by atoms with van der Waals surface area (Å²) < 4.78 is 26.0. The number of nitrogens with one attached hydrogen (secondary N) is 1. The van der Waals surface area contributed by atoms with Crippen LogP contribution in [-0.2, 0) is 9.59 Å². The molecular weight excluding hydrogens is 232 g/mol. The molecule has 2 N–H and O–H groups in total. The van der Waals surface area contributed by atoms with Crippen LogP contribution in [0.4, 0.5) is 8.78 Å². The molecule has 0 saturated carbocycles. The normalized spacial score (nSPS) is 11.1. The molecule has 0 aliphatic carbocycles. The van der Waals surface area contributed by atoms with E-state index in [1.165, 1.54) is 0 Å². The molecule has 0 heterocycles. The van der Waals surface area contributed by atoms with E-state index in [4.69, 9.17) is 5.11 Å². The molecule has 0 saturated heterocycles. The number of carboxylic acid groups (broad SMARTS) is 1. The van der Waals surface area contributed by atoms with Gasteiger partial charge in [0.15, 0.2) is 0 Å². The molecule has 0 atom stereocenters. The van der Waals surface area contributed by atoms with Crippen LogP contribution in [0.25, 0.3) is 6.08 Å². The number of carboxylic acids is 1. The maximum atomic E-state index is 13.2. The number of hydrogen-bond donors (Lipinski definition) is 2. The van der Waals surface area contributed by atoms with Crippen molar-refractivity contribution >= 4 is 18.0 Å². The fourth-order valence-electron chi connectivity index (χ4n) is 1.12. The number of amides is 1. The van der Waals surface area contributed by atoms with Gasteiger partial charge in [-0.3, -0.25) is 4.79 Å². The molecule has 0 unspecified atom stereocenters. The van der Waals surface area contributed by atoms with Gasteiger partial charge in [0, 0.05) is 12.5 Å². The van der Waals surface area contributed by atoms with Crippen molar-refractivity contribution in [3.63, 3.8) is 0 Å². The van der Waals surface area contributed by atoms with Gasteiger partial charge in [0.05, 0.1) is 0 Å². The molecule has 1 aromatic carbocycles. The third-order valence-corrected chi connectivity index (χ3v) is 1.80. The highest BCUT2D eigenvalue weighted by Crippen LogP contribution is 2.13. The molecule has 1 rings (SSSR count). The van der Waals surface area contributed by atoms with Crippen LogP contribution in [0.1, 0.15) is 12.5 Å². The van der Waals surface area contributed by atoms with E-state index >= 15 is 0 Å². The summed E-state index contributed by atoms with van der Waals surface area (Å²) in [6.45, 7) is 1.11. The van der Waals surface area contributed by atoms with Gasteiger partial charge in [-0.2, -0.15) is 0 Å². The standard InChI is InChI=1S/C11H9F2NO3/c1-6(15)14-10(11(16)17)5-7-4-8(12)2-3-9(7)13/h2-5H,1H3,(H,14,15)(H,16,17)/b10-5+. The van der Waals surface area contributed by atoms with Crippen molar-refractivity contribution in [1.29, 1.82) is 0 Å². The second-order valence-corrected chi connectivity index (χ2v) is 3.21. The Morgan fingerprint density at radius 2 is 2.00 bits per heavy atom. The van der Waals surface area contributed by atoms with Gasteiger partial charge in [-0.05, 0) is 24.3 Å². The highest BCUT2D eigenvalue weighted by atomic mass is 19.1. The summed E-state index contributed by atoms with van der Waals surface area (Å²) in [7, 11) is 0. The lowest BCUT2D eigenvalue weighted by Gasteiger charge is -2.03. The molecule has 1 aromatic rings. The van der Waals surface area contributed by atoms with Gasteiger partial charge >= 0.3 is 5.97 Å². The average Bonchev–Trinajstić information content (AvgIpc) is 2.21. The zero-order valence-electron chi connectivity index (χ0n) is 8.83. The van der Waals surface area contributed by atoms with Crippen LogP contribution >= 0.6 is 0 Å². The summed E-state index contributed by atoms with van der Waals surface area (Å²) in [5.74, 6) is -3.54. The molecule has 0 radical (unpaired) electrons. The molecule has 6 heteroatoms. The largest absolute Gasteiger partial charge is 0.477 e. The van der Waals surface area contributed by atoms with Gasteiger partial charge in [0.1, 0.15) is 17.3 Å². The highest BCUT2D eigenvalue weighted by molar-refractivity contribution is 5.96. The number of rotatable bonds is 3. The zero-order valence-corrected chi connectivity index (χ0v) is 8.83. The Balaban J connectivity index is 3.16. The molecule has 0 aromatic heterocycles. The van der Waals surface area contributed by atoms with Crippen molar-refractivity contribution in [3.05, 3.63) is 41.1 Å². The monoisotopic (exact) mass is 241 g/mol. The van der Waals surface area contributed by atoms with Crippen LogP contribution in [0.2, 0.25) is 0 Å². The van der Waals surface area contributed by atoms with Crippen LogP contribution in [-0.4, -0.2) is 17.0 Å². The number of hydrogen-bond acceptors (Lipinski definition) is 2. The molecule has 4 nitrogen and oxygen atoms in total. The first kappa shape index (κ1) is 12.8. The second-order valence-electron chi connectivity index (χ2n) is 3.21. The van der Waals surface area contributed by atoms with Gasteiger partial charge in [-0.15, -0.1) is 0 Å². The van der Waals surface area contributed by atoms with Gasteiger partial charge in [-0.1, -0.05) is 0 Å². The minimum atomic E-state index is -1.44. The lowest BCUT2D eigenvalue weighted by Crippen LogP contribution is -2.24. The first-order chi connectivity index (χ1) is 7.90. The Morgan fingerprint density at radius 3 is 2.53 bits per heavy atom. The van der Waals surface area contributed by atoms with Crippen molar-refractivity contribution in [2.45, 2.75) is 6.92 Å². The number of carbonyl (C=O) groups excluding carboxylic acids is 1. The van der Waals surface area contributed by atoms with Crippen molar-refractivity contribution < 1.29 is 23.5 Å². The van der Waals surface area contributed by atoms with E-state index in [-0.39, 0.29) is 5.56 Å². The fourth-order valence-corrected chi connectivity index (χ4v) is 1.12. The molecule has 17 heavy (non-hydrogen) atoms. The van der Waals surface area contributed by atoms with Gasteiger partial charge in [-0.25, -0.2) is 13.6 Å². The Kier molecular flexibility index (Phi) is 3.92. The Morgan fingerprint density at radius 1 is 1.35 bits per heavy atom. The minimum absolute atomic E-state index is 0.254. The summed E-state index contributed by atoms with van der Waals surface area (Å²) in [5.41, 5.74) is -0.779. The Bertz CT molecular complexity index is 497. The van der Waals surface area contributed by atoms with E-state index in [9.17, 15) is 18.4 Å². The predicted molar refractivity (Wildman–Crippen MR) is 55.8 cm³/mol. The third kappa shape index (κ3) is 3.67. The number of benzene rings is 1. The summed E-state index contributed by atoms with van der Waals surface area (Å²) in [6, 6.07) is 2.61. The summed E-state index contributed by atoms with van der Waals surface area (Å²) in [4.78, 5) is 21.5. The third-order valence-electron chi connectivity index (χ3n) is 1.80. The lowest BCUT2D eigenvalue weighted by atomic mass is 10.1. The van der Waals surface area contributed by atoms with Crippen LogP contribution < -0.4 is 5.32 Å². The van der Waals surface area contributed by atoms with Crippen molar-refractivity contribution in [2.24, 2.45) is 0 Å². The summed E-state index contributed by atoms with van der Waals surface area (Å²) >= 11 is 0. The van der Waals surface area contributed by atoms with E-state index in [1.807, 2.05) is 5.32 Å². The second kappa shape index (κ2) is 5.20. The molecule has 0 spiro atoms. The maximum Gasteiger partial charge on any atom is 0.352 e. The van der Waals surface area contributed by atoms with E-state index in [2.05, 4.69) is 0 Å². The lowest BCUT2D eigenvalue weighted by molar-refractivity contribution is -0.134. The predicted octanol–water partition coefficient (Wildman–Crippen LogP) is 1.53. The average molecular weight is 241 g/mol. The van der Waals surface area contributed by atoms with Crippen LogP contribution in [0, 0.1) is 11.6 Å². The topological polar surface area (TPSA) is 66.4 Å². The number of carbonyl (C=O) groups is 2. The van der Waals surface area contributed by atoms with Crippen molar-refractivity contribution in [2.75, 3.05) is 0 Å². The SMILES string of the molecule is CC(=O)N/C(=C/c1cc(F)ccc1F)C(=O)O. The molecular formula is C11H9F2NO3. The summed E-state index contributed by atoms with van der Waals surface area (Å²) in [6.07, 6.45) is 0.849. The van der Waals surface area contributed by atoms with Crippen LogP contribution in [0.5, 0.6) is 0 Å². The maximum absolute atomic E-state index is 13.2. The molecule has 90 valence electrons. The Hall–Kier alpha value is -2.24. The zero-order chi connectivity index (χ0) is 13.0. The van der Waals surface area contributed by atoms with Crippen molar-refractivity contribution in [3.8, 4) is 0 Å². The van der Waals surface area contributed by atoms with Gasteiger partial charge < -0.3 is 10.4 Å². The van der Waals surface area contributed by atoms with Crippen LogP contribution in [0.3, 0.4) is 0 Å². The van der Waals surface area contributed by atoms with E-state index in [0.29, 0.717) is 0 Å². The molecule has 0 aliphatic heterocycles. The van der Waals surface area contributed by atoms with Crippen LogP contribution in [0.15, 0.2) is 23.9 Å². The van der Waals surface area contributed by atoms with Gasteiger partial charge in [0.25, 0.3) is 0 Å². The molecule has 0 aliphatic rings. The Labute approximate surface area is 95.6 Å².